The number of nitrogens with zero attached hydrogens (tertiary/aromatic N) is 1. The fraction of sp³-hybridized carbons (Fsp3) is 0.429. The van der Waals surface area contributed by atoms with E-state index in [4.69, 9.17) is 5.11 Å². The fourth-order valence-corrected chi connectivity index (χ4v) is 2.28. The lowest BCUT2D eigenvalue weighted by Gasteiger charge is -2.17. The Kier molecular flexibility index (Phi) is 4.68. The summed E-state index contributed by atoms with van der Waals surface area (Å²) in [5.41, 5.74) is 0.723. The molecule has 1 fully saturated rings. The summed E-state index contributed by atoms with van der Waals surface area (Å²) >= 11 is 0. The average molecular weight is 280 g/mol. The van der Waals surface area contributed by atoms with Crippen LogP contribution in [0.1, 0.15) is 18.4 Å². The zero-order chi connectivity index (χ0) is 14.5. The summed E-state index contributed by atoms with van der Waals surface area (Å²) in [4.78, 5) is 24.8. The van der Waals surface area contributed by atoms with Crippen molar-refractivity contribution in [2.45, 2.75) is 25.4 Å². The second-order valence-corrected chi connectivity index (χ2v) is 4.85. The van der Waals surface area contributed by atoms with Crippen molar-refractivity contribution in [2.24, 2.45) is 0 Å². The van der Waals surface area contributed by atoms with Crippen molar-refractivity contribution in [1.29, 1.82) is 0 Å². The number of aliphatic hydroxyl groups excluding tert-OH is 1. The maximum Gasteiger partial charge on any atom is 0.225 e. The van der Waals surface area contributed by atoms with Gasteiger partial charge in [-0.05, 0) is 17.7 Å². The highest BCUT2D eigenvalue weighted by atomic mass is 19.1. The number of hydrogen-bond donors (Lipinski definition) is 2. The van der Waals surface area contributed by atoms with Crippen LogP contribution < -0.4 is 5.32 Å². The number of carbonyl (C=O) groups is 2. The van der Waals surface area contributed by atoms with Gasteiger partial charge in [0.1, 0.15) is 5.82 Å². The van der Waals surface area contributed by atoms with E-state index in [1.54, 1.807) is 17.0 Å². The topological polar surface area (TPSA) is 69.6 Å². The molecule has 0 aliphatic carbocycles. The van der Waals surface area contributed by atoms with Crippen molar-refractivity contribution in [3.8, 4) is 0 Å². The van der Waals surface area contributed by atoms with E-state index in [1.165, 1.54) is 12.1 Å². The highest BCUT2D eigenvalue weighted by molar-refractivity contribution is 5.82. The van der Waals surface area contributed by atoms with Crippen molar-refractivity contribution < 1.29 is 19.1 Å². The smallest absolute Gasteiger partial charge is 0.225 e. The highest BCUT2D eigenvalue weighted by Gasteiger charge is 2.30. The van der Waals surface area contributed by atoms with Crippen LogP contribution in [-0.4, -0.2) is 41.0 Å². The van der Waals surface area contributed by atoms with Crippen molar-refractivity contribution in [1.82, 2.24) is 10.2 Å². The van der Waals surface area contributed by atoms with Crippen LogP contribution in [0.25, 0.3) is 0 Å². The molecule has 20 heavy (non-hydrogen) atoms. The molecule has 1 saturated heterocycles. The first-order valence-electron chi connectivity index (χ1n) is 6.51. The minimum Gasteiger partial charge on any atom is -0.396 e. The Bertz CT molecular complexity index is 507. The second-order valence-electron chi connectivity index (χ2n) is 4.85. The van der Waals surface area contributed by atoms with E-state index in [2.05, 4.69) is 5.32 Å². The van der Waals surface area contributed by atoms with E-state index < -0.39 is 0 Å². The zero-order valence-corrected chi connectivity index (χ0v) is 11.0. The molecular weight excluding hydrogens is 263 g/mol. The maximum absolute atomic E-state index is 13.1. The van der Waals surface area contributed by atoms with Crippen molar-refractivity contribution in [2.75, 3.05) is 13.2 Å². The van der Waals surface area contributed by atoms with E-state index in [0.29, 0.717) is 13.1 Å². The van der Waals surface area contributed by atoms with Gasteiger partial charge in [0, 0.05) is 25.9 Å². The molecule has 1 unspecified atom stereocenters. The van der Waals surface area contributed by atoms with Crippen LogP contribution in [0.5, 0.6) is 0 Å². The van der Waals surface area contributed by atoms with Gasteiger partial charge < -0.3 is 15.3 Å². The molecule has 1 aliphatic rings. The van der Waals surface area contributed by atoms with Gasteiger partial charge in [-0.15, -0.1) is 0 Å². The van der Waals surface area contributed by atoms with Gasteiger partial charge in [0.25, 0.3) is 0 Å². The van der Waals surface area contributed by atoms with Crippen molar-refractivity contribution in [3.63, 3.8) is 0 Å². The quantitative estimate of drug-likeness (QED) is 0.821. The van der Waals surface area contributed by atoms with Gasteiger partial charge in [-0.1, -0.05) is 12.1 Å². The summed E-state index contributed by atoms with van der Waals surface area (Å²) in [6.07, 6.45) is 0.279. The van der Waals surface area contributed by atoms with E-state index in [0.717, 1.165) is 5.56 Å². The molecule has 108 valence electrons. The summed E-state index contributed by atoms with van der Waals surface area (Å²) in [6.45, 7) is 0.537. The van der Waals surface area contributed by atoms with E-state index >= 15 is 0 Å². The molecule has 0 spiro atoms. The number of likely N-dealkylation sites (tertiary alicyclic amines) is 1. The number of rotatable bonds is 5. The molecule has 0 radical (unpaired) electrons. The fourth-order valence-electron chi connectivity index (χ4n) is 2.28. The second kappa shape index (κ2) is 6.47. The number of carbonyl (C=O) groups excluding carboxylic acids is 2. The van der Waals surface area contributed by atoms with Gasteiger partial charge in [0.15, 0.2) is 0 Å². The van der Waals surface area contributed by atoms with Gasteiger partial charge in [0.2, 0.25) is 11.8 Å². The Balaban J connectivity index is 1.91. The van der Waals surface area contributed by atoms with Crippen LogP contribution >= 0.6 is 0 Å². The first-order valence-corrected chi connectivity index (χ1v) is 6.51. The summed E-state index contributed by atoms with van der Waals surface area (Å²) in [5.74, 6) is -0.664. The van der Waals surface area contributed by atoms with Crippen LogP contribution in [0.4, 0.5) is 4.39 Å². The third-order valence-electron chi connectivity index (χ3n) is 3.18. The zero-order valence-electron chi connectivity index (χ0n) is 11.0. The van der Waals surface area contributed by atoms with E-state index in [1.807, 2.05) is 0 Å². The number of halogens is 1. The molecule has 0 aromatic heterocycles. The Labute approximate surface area is 116 Å². The third-order valence-corrected chi connectivity index (χ3v) is 3.18. The first-order chi connectivity index (χ1) is 9.58. The molecule has 1 atom stereocenters. The first kappa shape index (κ1) is 14.5. The summed E-state index contributed by atoms with van der Waals surface area (Å²) in [7, 11) is 0. The summed E-state index contributed by atoms with van der Waals surface area (Å²) < 4.78 is 13.1. The number of amides is 2. The Morgan fingerprint density at radius 2 is 2.30 bits per heavy atom. The molecule has 5 nitrogen and oxygen atoms in total. The SMILES string of the molecule is O=C(CCO)NC1CC(=O)N(Cc2cccc(F)c2)C1. The van der Waals surface area contributed by atoms with E-state index in [-0.39, 0.29) is 43.1 Å². The van der Waals surface area contributed by atoms with Crippen molar-refractivity contribution >= 4 is 11.8 Å². The lowest BCUT2D eigenvalue weighted by atomic mass is 10.2. The summed E-state index contributed by atoms with van der Waals surface area (Å²) in [6, 6.07) is 5.87. The van der Waals surface area contributed by atoms with E-state index in [9.17, 15) is 14.0 Å². The molecule has 6 heteroatoms. The van der Waals surface area contributed by atoms with Crippen LogP contribution in [0.3, 0.4) is 0 Å². The van der Waals surface area contributed by atoms with Gasteiger partial charge >= 0.3 is 0 Å². The standard InChI is InChI=1S/C14H17FN2O3/c15-11-3-1-2-10(6-11)8-17-9-12(7-14(17)20)16-13(19)4-5-18/h1-3,6,12,18H,4-5,7-9H2,(H,16,19). The number of aliphatic hydroxyl groups is 1. The third kappa shape index (κ3) is 3.77. The molecule has 0 bridgehead atoms. The summed E-state index contributed by atoms with van der Waals surface area (Å²) in [5, 5.41) is 11.4. The normalized spacial score (nSPS) is 18.4. The largest absolute Gasteiger partial charge is 0.396 e. The minimum atomic E-state index is -0.332. The Morgan fingerprint density at radius 1 is 1.50 bits per heavy atom. The monoisotopic (exact) mass is 280 g/mol. The Morgan fingerprint density at radius 3 is 3.00 bits per heavy atom. The molecule has 1 aromatic rings. The minimum absolute atomic E-state index is 0.0363. The predicted octanol–water partition coefficient (Wildman–Crippen LogP) is 0.425. The number of benzene rings is 1. The molecule has 2 N–H and O–H groups in total. The number of nitrogens with one attached hydrogen (secondary N) is 1. The van der Waals surface area contributed by atoms with Crippen LogP contribution in [0.15, 0.2) is 24.3 Å². The van der Waals surface area contributed by atoms with Gasteiger partial charge in [-0.2, -0.15) is 0 Å². The van der Waals surface area contributed by atoms with Gasteiger partial charge in [-0.3, -0.25) is 9.59 Å². The average Bonchev–Trinajstić information content (AvgIpc) is 2.69. The Hall–Kier alpha value is -1.95. The molecule has 2 amide bonds. The van der Waals surface area contributed by atoms with Crippen LogP contribution in [0, 0.1) is 5.82 Å². The molecule has 1 heterocycles. The van der Waals surface area contributed by atoms with Crippen LogP contribution in [0.2, 0.25) is 0 Å². The molecular formula is C14H17FN2O3. The molecule has 1 aromatic carbocycles. The molecule has 1 aliphatic heterocycles. The number of hydrogen-bond acceptors (Lipinski definition) is 3. The lowest BCUT2D eigenvalue weighted by Crippen LogP contribution is -2.37. The predicted molar refractivity (Wildman–Crippen MR) is 70.1 cm³/mol. The molecule has 0 saturated carbocycles. The van der Waals surface area contributed by atoms with Gasteiger partial charge in [-0.25, -0.2) is 4.39 Å². The van der Waals surface area contributed by atoms with Crippen LogP contribution in [-0.2, 0) is 16.1 Å². The lowest BCUT2D eigenvalue weighted by molar-refractivity contribution is -0.128. The van der Waals surface area contributed by atoms with Gasteiger partial charge in [0.05, 0.1) is 12.6 Å². The highest BCUT2D eigenvalue weighted by Crippen LogP contribution is 2.15. The maximum atomic E-state index is 13.1. The van der Waals surface area contributed by atoms with Crippen molar-refractivity contribution in [3.05, 3.63) is 35.6 Å². The molecule has 2 rings (SSSR count).